The van der Waals surface area contributed by atoms with E-state index in [1.165, 1.54) is 6.92 Å². The molecule has 0 aliphatic heterocycles. The summed E-state index contributed by atoms with van der Waals surface area (Å²) in [5.74, 6) is -2.90. The van der Waals surface area contributed by atoms with E-state index in [9.17, 15) is 27.6 Å². The average Bonchev–Trinajstić information content (AvgIpc) is 2.41. The highest BCUT2D eigenvalue weighted by atomic mass is 19.4. The van der Waals surface area contributed by atoms with Crippen molar-refractivity contribution in [2.24, 2.45) is 0 Å². The minimum absolute atomic E-state index is 0.0221. The number of ether oxygens (including phenoxy) is 1. The van der Waals surface area contributed by atoms with Gasteiger partial charge in [0.1, 0.15) is 12.4 Å². The number of Topliss-reactive ketones (excluding diaryl/α,β-unsaturated/α-hetero) is 1. The van der Waals surface area contributed by atoms with E-state index in [1.54, 1.807) is 0 Å². The maximum atomic E-state index is 12.2. The van der Waals surface area contributed by atoms with Crippen molar-refractivity contribution in [3.8, 4) is 0 Å². The molecule has 0 aliphatic rings. The first-order valence-electron chi connectivity index (χ1n) is 7.19. The SMILES string of the molecule is CCCCC[C@@H](COC(=O)CCC(C)=O)NC(=O)C(F)(F)F. The van der Waals surface area contributed by atoms with E-state index in [2.05, 4.69) is 0 Å². The largest absolute Gasteiger partial charge is 0.471 e. The average molecular weight is 325 g/mol. The molecule has 8 heteroatoms. The number of alkyl halides is 3. The zero-order chi connectivity index (χ0) is 17.2. The molecular weight excluding hydrogens is 303 g/mol. The predicted octanol–water partition coefficient (Wildman–Crippen LogP) is 2.53. The smallest absolute Gasteiger partial charge is 0.463 e. The van der Waals surface area contributed by atoms with Crippen LogP contribution in [-0.2, 0) is 19.1 Å². The lowest BCUT2D eigenvalue weighted by atomic mass is 10.1. The summed E-state index contributed by atoms with van der Waals surface area (Å²) in [4.78, 5) is 33.0. The number of hydrogen-bond donors (Lipinski definition) is 1. The van der Waals surface area contributed by atoms with Crippen LogP contribution in [0, 0.1) is 0 Å². The number of amides is 1. The lowest BCUT2D eigenvalue weighted by Gasteiger charge is -2.19. The predicted molar refractivity (Wildman–Crippen MR) is 73.0 cm³/mol. The van der Waals surface area contributed by atoms with E-state index >= 15 is 0 Å². The second-order valence-corrected chi connectivity index (χ2v) is 5.05. The highest BCUT2D eigenvalue weighted by molar-refractivity contribution is 5.82. The molecule has 0 aromatic heterocycles. The second kappa shape index (κ2) is 10.2. The van der Waals surface area contributed by atoms with Gasteiger partial charge < -0.3 is 14.8 Å². The molecule has 128 valence electrons. The lowest BCUT2D eigenvalue weighted by Crippen LogP contribution is -2.45. The summed E-state index contributed by atoms with van der Waals surface area (Å²) >= 11 is 0. The van der Waals surface area contributed by atoms with Gasteiger partial charge in [0, 0.05) is 6.42 Å². The summed E-state index contributed by atoms with van der Waals surface area (Å²) in [6.07, 6.45) is -2.49. The molecule has 0 aromatic carbocycles. The Hall–Kier alpha value is -1.60. The Balaban J connectivity index is 4.37. The first-order chi connectivity index (χ1) is 10.2. The maximum absolute atomic E-state index is 12.2. The topological polar surface area (TPSA) is 72.5 Å². The third-order valence-corrected chi connectivity index (χ3v) is 2.88. The number of esters is 1. The van der Waals surface area contributed by atoms with E-state index < -0.39 is 24.1 Å². The monoisotopic (exact) mass is 325 g/mol. The number of carbonyl (C=O) groups excluding carboxylic acids is 3. The Morgan fingerprint density at radius 3 is 2.27 bits per heavy atom. The Labute approximate surface area is 127 Å². The van der Waals surface area contributed by atoms with E-state index in [0.29, 0.717) is 6.42 Å². The minimum Gasteiger partial charge on any atom is -0.463 e. The van der Waals surface area contributed by atoms with Gasteiger partial charge in [0.05, 0.1) is 12.5 Å². The number of unbranched alkanes of at least 4 members (excludes halogenated alkanes) is 2. The zero-order valence-electron chi connectivity index (χ0n) is 12.8. The van der Waals surface area contributed by atoms with Crippen LogP contribution in [-0.4, -0.2) is 36.5 Å². The fraction of sp³-hybridized carbons (Fsp3) is 0.786. The van der Waals surface area contributed by atoms with Crippen molar-refractivity contribution in [2.75, 3.05) is 6.61 Å². The first kappa shape index (κ1) is 20.4. The summed E-state index contributed by atoms with van der Waals surface area (Å²) in [6.45, 7) is 2.93. The molecule has 1 N–H and O–H groups in total. The number of nitrogens with one attached hydrogen (secondary N) is 1. The van der Waals surface area contributed by atoms with Gasteiger partial charge in [0.2, 0.25) is 0 Å². The first-order valence-corrected chi connectivity index (χ1v) is 7.19. The van der Waals surface area contributed by atoms with Gasteiger partial charge in [0.15, 0.2) is 0 Å². The molecule has 0 heterocycles. The molecular formula is C14H22F3NO4. The third-order valence-electron chi connectivity index (χ3n) is 2.88. The number of halogens is 3. The highest BCUT2D eigenvalue weighted by Gasteiger charge is 2.39. The molecule has 0 bridgehead atoms. The van der Waals surface area contributed by atoms with Gasteiger partial charge in [0.25, 0.3) is 0 Å². The van der Waals surface area contributed by atoms with Crippen LogP contribution in [0.2, 0.25) is 0 Å². The van der Waals surface area contributed by atoms with Gasteiger partial charge in [-0.3, -0.25) is 9.59 Å². The van der Waals surface area contributed by atoms with E-state index in [4.69, 9.17) is 4.74 Å². The van der Waals surface area contributed by atoms with Crippen molar-refractivity contribution in [2.45, 2.75) is 64.6 Å². The molecule has 0 spiro atoms. The maximum Gasteiger partial charge on any atom is 0.471 e. The Kier molecular flexibility index (Phi) is 9.44. The number of carbonyl (C=O) groups is 3. The van der Waals surface area contributed by atoms with Crippen LogP contribution in [0.5, 0.6) is 0 Å². The number of ketones is 1. The highest BCUT2D eigenvalue weighted by Crippen LogP contribution is 2.15. The van der Waals surface area contributed by atoms with Crippen LogP contribution in [0.4, 0.5) is 13.2 Å². The van der Waals surface area contributed by atoms with E-state index in [1.807, 2.05) is 12.2 Å². The van der Waals surface area contributed by atoms with Gasteiger partial charge in [-0.1, -0.05) is 26.2 Å². The van der Waals surface area contributed by atoms with Gasteiger partial charge in [-0.05, 0) is 13.3 Å². The standard InChI is InChI=1S/C14H22F3NO4/c1-3-4-5-6-11(18-13(21)14(15,16)17)9-22-12(20)8-7-10(2)19/h11H,3-9H2,1-2H3,(H,18,21)/t11-/m0/s1. The molecule has 5 nitrogen and oxygen atoms in total. The van der Waals surface area contributed by atoms with Gasteiger partial charge in [-0.15, -0.1) is 0 Å². The van der Waals surface area contributed by atoms with Gasteiger partial charge in [-0.2, -0.15) is 13.2 Å². The van der Waals surface area contributed by atoms with Crippen molar-refractivity contribution in [3.05, 3.63) is 0 Å². The number of hydrogen-bond acceptors (Lipinski definition) is 4. The molecule has 0 fully saturated rings. The molecule has 0 unspecified atom stereocenters. The summed E-state index contributed by atoms with van der Waals surface area (Å²) < 4.78 is 41.6. The van der Waals surface area contributed by atoms with Crippen molar-refractivity contribution in [1.29, 1.82) is 0 Å². The molecule has 0 saturated carbocycles. The van der Waals surface area contributed by atoms with Crippen LogP contribution in [0.15, 0.2) is 0 Å². The normalized spacial score (nSPS) is 12.6. The van der Waals surface area contributed by atoms with Crippen LogP contribution >= 0.6 is 0 Å². The van der Waals surface area contributed by atoms with Gasteiger partial charge in [-0.25, -0.2) is 0 Å². The molecule has 0 aromatic rings. The fourth-order valence-electron chi connectivity index (χ4n) is 1.65. The summed E-state index contributed by atoms with van der Waals surface area (Å²) in [5, 5.41) is 1.83. The van der Waals surface area contributed by atoms with Gasteiger partial charge >= 0.3 is 18.1 Å². The molecule has 0 aliphatic carbocycles. The van der Waals surface area contributed by atoms with Crippen LogP contribution in [0.1, 0.15) is 52.4 Å². The summed E-state index contributed by atoms with van der Waals surface area (Å²) in [7, 11) is 0. The number of rotatable bonds is 10. The quantitative estimate of drug-likeness (QED) is 0.495. The molecule has 1 atom stereocenters. The van der Waals surface area contributed by atoms with Crippen molar-refractivity contribution in [3.63, 3.8) is 0 Å². The van der Waals surface area contributed by atoms with Crippen LogP contribution in [0.3, 0.4) is 0 Å². The molecule has 0 radical (unpaired) electrons. The van der Waals surface area contributed by atoms with E-state index in [-0.39, 0.29) is 31.7 Å². The van der Waals surface area contributed by atoms with Crippen LogP contribution < -0.4 is 5.32 Å². The van der Waals surface area contributed by atoms with Crippen molar-refractivity contribution in [1.82, 2.24) is 5.32 Å². The van der Waals surface area contributed by atoms with E-state index in [0.717, 1.165) is 12.8 Å². The molecule has 0 saturated heterocycles. The summed E-state index contributed by atoms with van der Waals surface area (Å²) in [5.41, 5.74) is 0. The molecule has 0 rings (SSSR count). The Morgan fingerprint density at radius 1 is 1.14 bits per heavy atom. The van der Waals surface area contributed by atoms with Crippen molar-refractivity contribution < 1.29 is 32.3 Å². The Morgan fingerprint density at radius 2 is 1.77 bits per heavy atom. The second-order valence-electron chi connectivity index (χ2n) is 5.05. The Bertz CT molecular complexity index is 383. The molecule has 1 amide bonds. The molecule has 22 heavy (non-hydrogen) atoms. The zero-order valence-corrected chi connectivity index (χ0v) is 12.8. The summed E-state index contributed by atoms with van der Waals surface area (Å²) in [6, 6.07) is -0.887. The third kappa shape index (κ3) is 10.2. The lowest BCUT2D eigenvalue weighted by molar-refractivity contribution is -0.175. The van der Waals surface area contributed by atoms with Crippen molar-refractivity contribution >= 4 is 17.7 Å². The minimum atomic E-state index is -4.97. The fourth-order valence-corrected chi connectivity index (χ4v) is 1.65. The van der Waals surface area contributed by atoms with Crippen LogP contribution in [0.25, 0.3) is 0 Å².